The minimum atomic E-state index is -4.57. The molecular weight excluding hydrogens is 411 g/mol. The Balaban J connectivity index is 1.62. The zero-order valence-corrected chi connectivity index (χ0v) is 15.3. The monoisotopic (exact) mass is 426 g/mol. The zero-order chi connectivity index (χ0) is 21.3. The molecule has 1 aliphatic heterocycles. The van der Waals surface area contributed by atoms with E-state index in [1.165, 1.54) is 12.4 Å². The van der Waals surface area contributed by atoms with Crippen molar-refractivity contribution in [3.8, 4) is 5.69 Å². The number of halogens is 5. The van der Waals surface area contributed by atoms with Gasteiger partial charge in [0.25, 0.3) is 0 Å². The van der Waals surface area contributed by atoms with Crippen LogP contribution in [0.15, 0.2) is 36.7 Å². The molecule has 3 aromatic rings. The number of alkyl halides is 3. The average molecular weight is 426 g/mol. The van der Waals surface area contributed by atoms with Crippen molar-refractivity contribution in [3.05, 3.63) is 53.9 Å². The lowest BCUT2D eigenvalue weighted by atomic mass is 10.2. The summed E-state index contributed by atoms with van der Waals surface area (Å²) in [6, 6.07) is 4.97. The van der Waals surface area contributed by atoms with Crippen LogP contribution in [0.25, 0.3) is 5.69 Å². The van der Waals surface area contributed by atoms with Crippen molar-refractivity contribution in [3.63, 3.8) is 0 Å². The molecule has 0 atom stereocenters. The summed E-state index contributed by atoms with van der Waals surface area (Å²) in [5, 5.41) is 6.66. The van der Waals surface area contributed by atoms with E-state index in [9.17, 15) is 22.0 Å². The van der Waals surface area contributed by atoms with Gasteiger partial charge in [-0.05, 0) is 24.3 Å². The second-order valence-corrected chi connectivity index (χ2v) is 6.43. The Bertz CT molecular complexity index is 1050. The van der Waals surface area contributed by atoms with Crippen molar-refractivity contribution < 1.29 is 26.7 Å². The van der Waals surface area contributed by atoms with Crippen molar-refractivity contribution in [1.82, 2.24) is 19.7 Å². The molecule has 30 heavy (non-hydrogen) atoms. The van der Waals surface area contributed by atoms with Gasteiger partial charge in [0.05, 0.1) is 24.5 Å². The van der Waals surface area contributed by atoms with Gasteiger partial charge in [0.1, 0.15) is 18.0 Å². The third kappa shape index (κ3) is 4.32. The molecule has 0 aliphatic carbocycles. The zero-order valence-electron chi connectivity index (χ0n) is 15.3. The highest BCUT2D eigenvalue weighted by Gasteiger charge is 2.32. The Morgan fingerprint density at radius 1 is 1.00 bits per heavy atom. The fourth-order valence-corrected chi connectivity index (χ4v) is 2.88. The highest BCUT2D eigenvalue weighted by Crippen LogP contribution is 2.33. The Labute approximate surface area is 167 Å². The first-order valence-electron chi connectivity index (χ1n) is 8.86. The molecule has 0 bridgehead atoms. The van der Waals surface area contributed by atoms with Crippen molar-refractivity contribution in [2.75, 3.05) is 36.5 Å². The van der Waals surface area contributed by atoms with Crippen molar-refractivity contribution in [1.29, 1.82) is 0 Å². The van der Waals surface area contributed by atoms with E-state index in [2.05, 4.69) is 20.4 Å². The topological polar surface area (TPSA) is 68.1 Å². The van der Waals surface area contributed by atoms with E-state index < -0.39 is 23.4 Å². The first-order valence-corrected chi connectivity index (χ1v) is 8.86. The summed E-state index contributed by atoms with van der Waals surface area (Å²) < 4.78 is 72.9. The Morgan fingerprint density at radius 3 is 2.47 bits per heavy atom. The first kappa shape index (κ1) is 20.0. The molecule has 158 valence electrons. The molecule has 1 fully saturated rings. The van der Waals surface area contributed by atoms with Gasteiger partial charge in [0.15, 0.2) is 11.6 Å². The summed E-state index contributed by atoms with van der Waals surface area (Å²) >= 11 is 0. The number of nitrogens with one attached hydrogen (secondary N) is 1. The molecule has 1 aromatic carbocycles. The van der Waals surface area contributed by atoms with E-state index in [1.807, 2.05) is 0 Å². The largest absolute Gasteiger partial charge is 0.416 e. The number of benzene rings is 1. The summed E-state index contributed by atoms with van der Waals surface area (Å²) in [6.07, 6.45) is -3.36. The summed E-state index contributed by atoms with van der Waals surface area (Å²) in [5.74, 6) is -2.09. The number of ether oxygens (including phenoxy) is 1. The molecule has 0 saturated carbocycles. The molecule has 7 nitrogen and oxygen atoms in total. The van der Waals surface area contributed by atoms with Crippen LogP contribution in [0.4, 0.5) is 39.5 Å². The summed E-state index contributed by atoms with van der Waals surface area (Å²) in [7, 11) is 0. The second kappa shape index (κ2) is 7.86. The Morgan fingerprint density at radius 2 is 1.77 bits per heavy atom. The van der Waals surface area contributed by atoms with Gasteiger partial charge in [-0.3, -0.25) is 0 Å². The number of aromatic nitrogens is 4. The van der Waals surface area contributed by atoms with E-state index in [-0.39, 0.29) is 23.3 Å². The first-order chi connectivity index (χ1) is 14.3. The highest BCUT2D eigenvalue weighted by molar-refractivity contribution is 5.56. The lowest BCUT2D eigenvalue weighted by Gasteiger charge is -2.28. The number of hydrogen-bond acceptors (Lipinski definition) is 6. The molecule has 1 N–H and O–H groups in total. The number of rotatable bonds is 4. The molecule has 0 unspecified atom stereocenters. The van der Waals surface area contributed by atoms with Crippen LogP contribution in [0.5, 0.6) is 0 Å². The third-order valence-corrected chi connectivity index (χ3v) is 4.37. The SMILES string of the molecule is Fc1ccc(-n2cnc(Nc3cc(C(F)(F)F)cc(N4CCOCC4)n3)n2)cc1F. The minimum absolute atomic E-state index is 0.0560. The van der Waals surface area contributed by atoms with Gasteiger partial charge in [0.2, 0.25) is 5.95 Å². The maximum Gasteiger partial charge on any atom is 0.416 e. The fraction of sp³-hybridized carbons (Fsp3) is 0.278. The average Bonchev–Trinajstić information content (AvgIpc) is 3.18. The van der Waals surface area contributed by atoms with Crippen LogP contribution in [-0.2, 0) is 10.9 Å². The van der Waals surface area contributed by atoms with Crippen LogP contribution in [0.3, 0.4) is 0 Å². The molecular formula is C18H15F5N6O. The number of pyridine rings is 1. The van der Waals surface area contributed by atoms with Gasteiger partial charge in [0, 0.05) is 19.2 Å². The van der Waals surface area contributed by atoms with E-state index in [4.69, 9.17) is 4.74 Å². The summed E-state index contributed by atoms with van der Waals surface area (Å²) in [4.78, 5) is 9.87. The molecule has 12 heteroatoms. The van der Waals surface area contributed by atoms with Crippen LogP contribution in [-0.4, -0.2) is 46.1 Å². The number of hydrogen-bond donors (Lipinski definition) is 1. The molecule has 1 aliphatic rings. The minimum Gasteiger partial charge on any atom is -0.378 e. The number of anilines is 3. The highest BCUT2D eigenvalue weighted by atomic mass is 19.4. The molecule has 4 rings (SSSR count). The molecule has 3 heterocycles. The third-order valence-electron chi connectivity index (χ3n) is 4.37. The van der Waals surface area contributed by atoms with Gasteiger partial charge in [-0.1, -0.05) is 0 Å². The van der Waals surface area contributed by atoms with E-state index >= 15 is 0 Å². The molecule has 0 radical (unpaired) electrons. The lowest BCUT2D eigenvalue weighted by molar-refractivity contribution is -0.137. The molecule has 0 amide bonds. The summed E-state index contributed by atoms with van der Waals surface area (Å²) in [5.41, 5.74) is -0.679. The molecule has 0 spiro atoms. The smallest absolute Gasteiger partial charge is 0.378 e. The normalized spacial score (nSPS) is 14.8. The van der Waals surface area contributed by atoms with Crippen molar-refractivity contribution in [2.45, 2.75) is 6.18 Å². The van der Waals surface area contributed by atoms with Crippen LogP contribution >= 0.6 is 0 Å². The summed E-state index contributed by atoms with van der Waals surface area (Å²) in [6.45, 7) is 1.61. The quantitative estimate of drug-likeness (QED) is 0.644. The molecule has 1 saturated heterocycles. The van der Waals surface area contributed by atoms with Crippen molar-refractivity contribution >= 4 is 17.6 Å². The second-order valence-electron chi connectivity index (χ2n) is 6.43. The van der Waals surface area contributed by atoms with E-state index in [0.29, 0.717) is 26.3 Å². The van der Waals surface area contributed by atoms with Crippen LogP contribution in [0.1, 0.15) is 5.56 Å². The van der Waals surface area contributed by atoms with Gasteiger partial charge < -0.3 is 15.0 Å². The lowest BCUT2D eigenvalue weighted by Crippen LogP contribution is -2.37. The fourth-order valence-electron chi connectivity index (χ4n) is 2.88. The predicted octanol–water partition coefficient (Wildman–Crippen LogP) is 3.54. The maximum absolute atomic E-state index is 13.4. The predicted molar refractivity (Wildman–Crippen MR) is 96.8 cm³/mol. The number of morpholine rings is 1. The molecule has 2 aromatic heterocycles. The van der Waals surface area contributed by atoms with Gasteiger partial charge in [-0.25, -0.2) is 18.4 Å². The van der Waals surface area contributed by atoms with Crippen LogP contribution < -0.4 is 10.2 Å². The van der Waals surface area contributed by atoms with Gasteiger partial charge in [-0.15, -0.1) is 5.10 Å². The number of nitrogens with zero attached hydrogens (tertiary/aromatic N) is 5. The van der Waals surface area contributed by atoms with Gasteiger partial charge in [-0.2, -0.15) is 18.2 Å². The standard InChI is InChI=1S/C18H15F5N6O/c19-13-2-1-12(9-14(13)20)29-10-24-17(27-29)26-15-7-11(18(21,22)23)8-16(25-15)28-3-5-30-6-4-28/h1-2,7-10H,3-6H2,(H,25,26,27). The van der Waals surface area contributed by atoms with E-state index in [1.54, 1.807) is 4.90 Å². The van der Waals surface area contributed by atoms with Crippen LogP contribution in [0.2, 0.25) is 0 Å². The Hall–Kier alpha value is -3.28. The Kier molecular flexibility index (Phi) is 5.24. The van der Waals surface area contributed by atoms with Crippen LogP contribution in [0, 0.1) is 11.6 Å². The van der Waals surface area contributed by atoms with Crippen molar-refractivity contribution in [2.24, 2.45) is 0 Å². The van der Waals surface area contributed by atoms with E-state index in [0.717, 1.165) is 28.9 Å². The van der Waals surface area contributed by atoms with Gasteiger partial charge >= 0.3 is 6.18 Å². The maximum atomic E-state index is 13.4.